The summed E-state index contributed by atoms with van der Waals surface area (Å²) in [6.07, 6.45) is 3.36. The van der Waals surface area contributed by atoms with Gasteiger partial charge < -0.3 is 4.79 Å². The lowest BCUT2D eigenvalue weighted by molar-refractivity contribution is -0.110. The third kappa shape index (κ3) is 1.57. The van der Waals surface area contributed by atoms with Gasteiger partial charge in [-0.15, -0.1) is 0 Å². The molecule has 0 fully saturated rings. The Morgan fingerprint density at radius 3 is 2.82 bits per heavy atom. The molecule has 1 aliphatic carbocycles. The van der Waals surface area contributed by atoms with Gasteiger partial charge in [-0.3, -0.25) is 0 Å². The van der Waals surface area contributed by atoms with E-state index >= 15 is 0 Å². The fourth-order valence-corrected chi connectivity index (χ4v) is 3.00. The van der Waals surface area contributed by atoms with Crippen LogP contribution in [0.2, 0.25) is 0 Å². The van der Waals surface area contributed by atoms with Crippen molar-refractivity contribution in [1.29, 1.82) is 0 Å². The number of aryl methyl sites for hydroxylation is 1. The van der Waals surface area contributed by atoms with Crippen molar-refractivity contribution in [3.05, 3.63) is 47.5 Å². The summed E-state index contributed by atoms with van der Waals surface area (Å²) >= 11 is 0. The van der Waals surface area contributed by atoms with Crippen LogP contribution in [-0.2, 0) is 11.2 Å². The highest BCUT2D eigenvalue weighted by atomic mass is 16.1. The van der Waals surface area contributed by atoms with Gasteiger partial charge in [0, 0.05) is 5.92 Å². The van der Waals surface area contributed by atoms with Crippen LogP contribution < -0.4 is 0 Å². The van der Waals surface area contributed by atoms with Crippen LogP contribution >= 0.6 is 0 Å². The maximum absolute atomic E-state index is 11.4. The van der Waals surface area contributed by atoms with Gasteiger partial charge >= 0.3 is 0 Å². The lowest BCUT2D eigenvalue weighted by Crippen LogP contribution is -2.19. The van der Waals surface area contributed by atoms with Crippen LogP contribution in [-0.4, -0.2) is 6.29 Å². The maximum atomic E-state index is 11.4. The molecule has 2 atom stereocenters. The molecule has 0 amide bonds. The first-order chi connectivity index (χ1) is 8.31. The molecule has 2 unspecified atom stereocenters. The van der Waals surface area contributed by atoms with Crippen LogP contribution in [0.25, 0.3) is 10.8 Å². The molecular formula is C16H16O. The highest BCUT2D eigenvalue weighted by Crippen LogP contribution is 2.38. The Labute approximate surface area is 101 Å². The molecule has 1 nitrogen and oxygen atoms in total. The molecule has 0 bridgehead atoms. The molecule has 86 valence electrons. The standard InChI is InChI=1S/C16H16O/c1-11-6-7-13-9-8-12-4-2-3-5-14(12)16(13)15(11)10-17/h2-5,8-11,15H,6-7H2,1H3. The van der Waals surface area contributed by atoms with E-state index in [1.165, 1.54) is 21.9 Å². The summed E-state index contributed by atoms with van der Waals surface area (Å²) in [5.74, 6) is 0.538. The Morgan fingerprint density at radius 1 is 1.18 bits per heavy atom. The normalized spacial score (nSPS) is 23.4. The second-order valence-electron chi connectivity index (χ2n) is 5.04. The first-order valence-corrected chi connectivity index (χ1v) is 6.27. The minimum Gasteiger partial charge on any atom is -0.303 e. The second-order valence-corrected chi connectivity index (χ2v) is 5.04. The van der Waals surface area contributed by atoms with E-state index in [2.05, 4.69) is 43.3 Å². The molecule has 0 aromatic heterocycles. The van der Waals surface area contributed by atoms with Gasteiger partial charge in [-0.05, 0) is 40.7 Å². The van der Waals surface area contributed by atoms with Gasteiger partial charge in [0.25, 0.3) is 0 Å². The number of fused-ring (bicyclic) bond motifs is 3. The lowest BCUT2D eigenvalue weighted by atomic mass is 9.75. The molecule has 17 heavy (non-hydrogen) atoms. The fraction of sp³-hybridized carbons (Fsp3) is 0.312. The van der Waals surface area contributed by atoms with Crippen molar-refractivity contribution in [1.82, 2.24) is 0 Å². The van der Waals surface area contributed by atoms with Crippen molar-refractivity contribution < 1.29 is 4.79 Å². The molecule has 2 aromatic rings. The number of benzene rings is 2. The number of hydrogen-bond acceptors (Lipinski definition) is 1. The Kier molecular flexibility index (Phi) is 2.47. The molecule has 3 rings (SSSR count). The molecule has 2 aromatic carbocycles. The first kappa shape index (κ1) is 10.5. The minimum absolute atomic E-state index is 0.0739. The Morgan fingerprint density at radius 2 is 2.00 bits per heavy atom. The third-order valence-corrected chi connectivity index (χ3v) is 4.02. The highest BCUT2D eigenvalue weighted by molar-refractivity contribution is 5.90. The summed E-state index contributed by atoms with van der Waals surface area (Å²) in [6.45, 7) is 2.18. The van der Waals surface area contributed by atoms with Gasteiger partial charge in [0.2, 0.25) is 0 Å². The van der Waals surface area contributed by atoms with E-state index in [4.69, 9.17) is 0 Å². The van der Waals surface area contributed by atoms with Crippen molar-refractivity contribution in [3.8, 4) is 0 Å². The monoisotopic (exact) mass is 224 g/mol. The van der Waals surface area contributed by atoms with E-state index in [1.807, 2.05) is 0 Å². The highest BCUT2D eigenvalue weighted by Gasteiger charge is 2.27. The van der Waals surface area contributed by atoms with Gasteiger partial charge in [-0.2, -0.15) is 0 Å². The van der Waals surface area contributed by atoms with Crippen molar-refractivity contribution in [2.75, 3.05) is 0 Å². The summed E-state index contributed by atoms with van der Waals surface area (Å²) < 4.78 is 0. The van der Waals surface area contributed by atoms with Gasteiger partial charge in [0.05, 0.1) is 0 Å². The average molecular weight is 224 g/mol. The number of hydrogen-bond donors (Lipinski definition) is 0. The molecule has 0 spiro atoms. The average Bonchev–Trinajstić information content (AvgIpc) is 2.38. The molecule has 0 N–H and O–H groups in total. The van der Waals surface area contributed by atoms with E-state index in [0.717, 1.165) is 19.1 Å². The summed E-state index contributed by atoms with van der Waals surface area (Å²) in [5.41, 5.74) is 2.63. The van der Waals surface area contributed by atoms with Crippen molar-refractivity contribution in [3.63, 3.8) is 0 Å². The number of carbonyl (C=O) groups is 1. The molecular weight excluding hydrogens is 208 g/mol. The second kappa shape index (κ2) is 3.99. The van der Waals surface area contributed by atoms with Gasteiger partial charge in [-0.25, -0.2) is 0 Å². The number of carbonyl (C=O) groups excluding carboxylic acids is 1. The Bertz CT molecular complexity index is 571. The summed E-state index contributed by atoms with van der Waals surface area (Å²) in [5, 5.41) is 2.50. The molecule has 0 heterocycles. The Hall–Kier alpha value is -1.63. The predicted molar refractivity (Wildman–Crippen MR) is 70.2 cm³/mol. The SMILES string of the molecule is CC1CCc2ccc3ccccc3c2C1C=O. The van der Waals surface area contributed by atoms with Crippen molar-refractivity contribution in [2.45, 2.75) is 25.7 Å². The van der Waals surface area contributed by atoms with Crippen LogP contribution in [0.15, 0.2) is 36.4 Å². The zero-order valence-corrected chi connectivity index (χ0v) is 10.0. The number of rotatable bonds is 1. The van der Waals surface area contributed by atoms with Crippen molar-refractivity contribution in [2.24, 2.45) is 5.92 Å². The lowest BCUT2D eigenvalue weighted by Gasteiger charge is -2.28. The van der Waals surface area contributed by atoms with E-state index in [0.29, 0.717) is 5.92 Å². The van der Waals surface area contributed by atoms with Gasteiger partial charge in [-0.1, -0.05) is 43.3 Å². The zero-order valence-electron chi connectivity index (χ0n) is 10.0. The molecule has 0 saturated heterocycles. The molecule has 1 heteroatoms. The van der Waals surface area contributed by atoms with Crippen LogP contribution in [0.4, 0.5) is 0 Å². The summed E-state index contributed by atoms with van der Waals surface area (Å²) in [6, 6.07) is 12.7. The van der Waals surface area contributed by atoms with E-state index in [9.17, 15) is 4.79 Å². The zero-order chi connectivity index (χ0) is 11.8. The van der Waals surface area contributed by atoms with Crippen molar-refractivity contribution >= 4 is 17.1 Å². The Balaban J connectivity index is 2.32. The van der Waals surface area contributed by atoms with E-state index in [1.54, 1.807) is 0 Å². The van der Waals surface area contributed by atoms with Crippen LogP contribution in [0.3, 0.4) is 0 Å². The minimum atomic E-state index is 0.0739. The molecule has 1 aliphatic rings. The largest absolute Gasteiger partial charge is 0.303 e. The van der Waals surface area contributed by atoms with E-state index < -0.39 is 0 Å². The van der Waals surface area contributed by atoms with Gasteiger partial charge in [0.1, 0.15) is 6.29 Å². The summed E-state index contributed by atoms with van der Waals surface area (Å²) in [4.78, 5) is 11.4. The smallest absolute Gasteiger partial charge is 0.127 e. The fourth-order valence-electron chi connectivity index (χ4n) is 3.00. The maximum Gasteiger partial charge on any atom is 0.127 e. The summed E-state index contributed by atoms with van der Waals surface area (Å²) in [7, 11) is 0. The first-order valence-electron chi connectivity index (χ1n) is 6.27. The van der Waals surface area contributed by atoms with E-state index in [-0.39, 0.29) is 5.92 Å². The van der Waals surface area contributed by atoms with Crippen LogP contribution in [0.5, 0.6) is 0 Å². The number of aldehydes is 1. The quantitative estimate of drug-likeness (QED) is 0.675. The van der Waals surface area contributed by atoms with Gasteiger partial charge in [0.15, 0.2) is 0 Å². The topological polar surface area (TPSA) is 17.1 Å². The third-order valence-electron chi connectivity index (χ3n) is 4.02. The molecule has 0 aliphatic heterocycles. The molecule has 0 saturated carbocycles. The predicted octanol–water partition coefficient (Wildman–Crippen LogP) is 3.70. The molecule has 0 radical (unpaired) electrons. The van der Waals surface area contributed by atoms with Crippen LogP contribution in [0.1, 0.15) is 30.4 Å². The van der Waals surface area contributed by atoms with Crippen LogP contribution in [0, 0.1) is 5.92 Å².